The fourth-order valence-corrected chi connectivity index (χ4v) is 2.22. The molecule has 2 heterocycles. The van der Waals surface area contributed by atoms with E-state index in [9.17, 15) is 0 Å². The van der Waals surface area contributed by atoms with E-state index in [0.717, 1.165) is 28.8 Å². The quantitative estimate of drug-likeness (QED) is 0.885. The molecule has 0 atom stereocenters. The summed E-state index contributed by atoms with van der Waals surface area (Å²) in [5.74, 6) is 0.820. The van der Waals surface area contributed by atoms with Gasteiger partial charge in [-0.05, 0) is 6.92 Å². The Bertz CT molecular complexity index is 496. The van der Waals surface area contributed by atoms with Crippen molar-refractivity contribution < 1.29 is 0 Å². The van der Waals surface area contributed by atoms with Gasteiger partial charge in [0.2, 0.25) is 0 Å². The van der Waals surface area contributed by atoms with Crippen molar-refractivity contribution in [3.8, 4) is 0 Å². The number of nitrogens with two attached hydrogens (primary N) is 1. The molecule has 5 nitrogen and oxygen atoms in total. The van der Waals surface area contributed by atoms with E-state index in [1.807, 2.05) is 18.9 Å². The van der Waals surface area contributed by atoms with Crippen LogP contribution in [0.1, 0.15) is 16.4 Å². The van der Waals surface area contributed by atoms with E-state index in [1.165, 1.54) is 0 Å². The highest BCUT2D eigenvalue weighted by atomic mass is 32.1. The van der Waals surface area contributed by atoms with Gasteiger partial charge in [0.25, 0.3) is 0 Å². The summed E-state index contributed by atoms with van der Waals surface area (Å²) in [6.45, 7) is 3.11. The van der Waals surface area contributed by atoms with Crippen molar-refractivity contribution in [1.29, 1.82) is 0 Å². The van der Waals surface area contributed by atoms with E-state index in [4.69, 9.17) is 5.73 Å². The summed E-state index contributed by atoms with van der Waals surface area (Å²) in [7, 11) is 1.97. The monoisotopic (exact) mass is 249 g/mol. The molecular formula is C11H15N5S. The van der Waals surface area contributed by atoms with Crippen LogP contribution in [0.2, 0.25) is 0 Å². The van der Waals surface area contributed by atoms with Crippen LogP contribution in [0.25, 0.3) is 0 Å². The molecule has 0 spiro atoms. The molecule has 0 unspecified atom stereocenters. The number of aromatic nitrogens is 3. The number of thiazole rings is 1. The third kappa shape index (κ3) is 2.78. The Balaban J connectivity index is 2.16. The molecule has 6 heteroatoms. The Labute approximate surface area is 104 Å². The molecule has 2 N–H and O–H groups in total. The third-order valence-corrected chi connectivity index (χ3v) is 3.19. The third-order valence-electron chi connectivity index (χ3n) is 2.37. The Morgan fingerprint density at radius 1 is 1.35 bits per heavy atom. The van der Waals surface area contributed by atoms with Gasteiger partial charge in [-0.15, -0.1) is 11.3 Å². The van der Waals surface area contributed by atoms with E-state index in [1.54, 1.807) is 23.7 Å². The highest BCUT2D eigenvalue weighted by Gasteiger charge is 2.10. The SMILES string of the molecule is Cc1nc(CN(C)c2nccnc2CN)cs1. The lowest BCUT2D eigenvalue weighted by atomic mass is 10.3. The van der Waals surface area contributed by atoms with E-state index in [0.29, 0.717) is 6.54 Å². The minimum atomic E-state index is 0.392. The molecule has 0 saturated carbocycles. The van der Waals surface area contributed by atoms with Crippen LogP contribution >= 0.6 is 11.3 Å². The lowest BCUT2D eigenvalue weighted by Crippen LogP contribution is -2.21. The molecule has 0 aliphatic rings. The fourth-order valence-electron chi connectivity index (χ4n) is 1.62. The Morgan fingerprint density at radius 3 is 2.76 bits per heavy atom. The minimum Gasteiger partial charge on any atom is -0.352 e. The van der Waals surface area contributed by atoms with Crippen molar-refractivity contribution in [1.82, 2.24) is 15.0 Å². The maximum Gasteiger partial charge on any atom is 0.151 e. The van der Waals surface area contributed by atoms with Crippen molar-refractivity contribution >= 4 is 17.2 Å². The van der Waals surface area contributed by atoms with Crippen molar-refractivity contribution in [2.75, 3.05) is 11.9 Å². The predicted molar refractivity (Wildman–Crippen MR) is 68.9 cm³/mol. The normalized spacial score (nSPS) is 10.5. The molecule has 0 aliphatic heterocycles. The van der Waals surface area contributed by atoms with Gasteiger partial charge >= 0.3 is 0 Å². The van der Waals surface area contributed by atoms with Crippen LogP contribution in [-0.4, -0.2) is 22.0 Å². The first-order chi connectivity index (χ1) is 8.20. The summed E-state index contributed by atoms with van der Waals surface area (Å²) in [4.78, 5) is 15.0. The Hall–Kier alpha value is -1.53. The molecule has 2 rings (SSSR count). The maximum absolute atomic E-state index is 5.64. The van der Waals surface area contributed by atoms with Gasteiger partial charge in [0.05, 0.1) is 22.9 Å². The van der Waals surface area contributed by atoms with E-state index in [2.05, 4.69) is 20.3 Å². The standard InChI is InChI=1S/C11H15N5S/c1-8-15-9(7-17-8)6-16(2)11-10(5-12)13-3-4-14-11/h3-4,7H,5-6,12H2,1-2H3. The van der Waals surface area contributed by atoms with Gasteiger partial charge in [0.1, 0.15) is 0 Å². The van der Waals surface area contributed by atoms with Gasteiger partial charge in [-0.1, -0.05) is 0 Å². The van der Waals surface area contributed by atoms with E-state index < -0.39 is 0 Å². The van der Waals surface area contributed by atoms with Crippen molar-refractivity contribution in [2.24, 2.45) is 5.73 Å². The molecule has 17 heavy (non-hydrogen) atoms. The van der Waals surface area contributed by atoms with Gasteiger partial charge < -0.3 is 10.6 Å². The van der Waals surface area contributed by atoms with Crippen LogP contribution in [0.3, 0.4) is 0 Å². The Morgan fingerprint density at radius 2 is 2.12 bits per heavy atom. The van der Waals surface area contributed by atoms with Crippen molar-refractivity contribution in [3.05, 3.63) is 34.2 Å². The molecule has 0 saturated heterocycles. The highest BCUT2D eigenvalue weighted by molar-refractivity contribution is 7.09. The molecular weight excluding hydrogens is 234 g/mol. The van der Waals surface area contributed by atoms with Crippen LogP contribution in [0.4, 0.5) is 5.82 Å². The second-order valence-electron chi connectivity index (χ2n) is 3.74. The Kier molecular flexibility index (Phi) is 3.65. The molecule has 0 radical (unpaired) electrons. The molecule has 0 fully saturated rings. The van der Waals surface area contributed by atoms with Crippen LogP contribution in [0, 0.1) is 6.92 Å². The maximum atomic E-state index is 5.64. The molecule has 0 bridgehead atoms. The van der Waals surface area contributed by atoms with E-state index in [-0.39, 0.29) is 0 Å². The van der Waals surface area contributed by atoms with Crippen molar-refractivity contribution in [2.45, 2.75) is 20.0 Å². The van der Waals surface area contributed by atoms with Crippen LogP contribution < -0.4 is 10.6 Å². The summed E-state index contributed by atoms with van der Waals surface area (Å²) in [5.41, 5.74) is 7.50. The zero-order valence-electron chi connectivity index (χ0n) is 9.92. The molecule has 2 aromatic heterocycles. The lowest BCUT2D eigenvalue weighted by molar-refractivity contribution is 0.836. The summed E-state index contributed by atoms with van der Waals surface area (Å²) in [5, 5.41) is 3.14. The average Bonchev–Trinajstić information content (AvgIpc) is 2.74. The second-order valence-corrected chi connectivity index (χ2v) is 4.81. The van der Waals surface area contributed by atoms with Gasteiger partial charge in [0.15, 0.2) is 5.82 Å². The molecule has 90 valence electrons. The lowest BCUT2D eigenvalue weighted by Gasteiger charge is -2.18. The van der Waals surface area contributed by atoms with Gasteiger partial charge in [-0.25, -0.2) is 9.97 Å². The molecule has 0 aliphatic carbocycles. The topological polar surface area (TPSA) is 67.9 Å². The second kappa shape index (κ2) is 5.20. The van der Waals surface area contributed by atoms with E-state index >= 15 is 0 Å². The largest absolute Gasteiger partial charge is 0.352 e. The number of hydrogen-bond donors (Lipinski definition) is 1. The van der Waals surface area contributed by atoms with Gasteiger partial charge in [0, 0.05) is 31.4 Å². The predicted octanol–water partition coefficient (Wildman–Crippen LogP) is 1.34. The fraction of sp³-hybridized carbons (Fsp3) is 0.364. The van der Waals surface area contributed by atoms with Gasteiger partial charge in [-0.2, -0.15) is 0 Å². The molecule has 2 aromatic rings. The van der Waals surface area contributed by atoms with Crippen LogP contribution in [0.15, 0.2) is 17.8 Å². The number of hydrogen-bond acceptors (Lipinski definition) is 6. The average molecular weight is 249 g/mol. The zero-order valence-corrected chi connectivity index (χ0v) is 10.7. The smallest absolute Gasteiger partial charge is 0.151 e. The van der Waals surface area contributed by atoms with Crippen molar-refractivity contribution in [3.63, 3.8) is 0 Å². The number of aryl methyl sites for hydroxylation is 1. The minimum absolute atomic E-state index is 0.392. The first-order valence-corrected chi connectivity index (χ1v) is 6.20. The number of rotatable bonds is 4. The summed E-state index contributed by atoms with van der Waals surface area (Å²) in [6, 6.07) is 0. The summed E-state index contributed by atoms with van der Waals surface area (Å²) in [6.07, 6.45) is 3.34. The first kappa shape index (κ1) is 11.9. The number of anilines is 1. The van der Waals surface area contributed by atoms with Crippen LogP contribution in [-0.2, 0) is 13.1 Å². The molecule has 0 amide bonds. The zero-order chi connectivity index (χ0) is 12.3. The molecule has 0 aromatic carbocycles. The first-order valence-electron chi connectivity index (χ1n) is 5.33. The highest BCUT2D eigenvalue weighted by Crippen LogP contribution is 2.16. The number of nitrogens with zero attached hydrogens (tertiary/aromatic N) is 4. The van der Waals surface area contributed by atoms with Crippen LogP contribution in [0.5, 0.6) is 0 Å². The summed E-state index contributed by atoms with van der Waals surface area (Å²) >= 11 is 1.65. The van der Waals surface area contributed by atoms with Gasteiger partial charge in [-0.3, -0.25) is 4.98 Å². The summed E-state index contributed by atoms with van der Waals surface area (Å²) < 4.78 is 0.